The Kier molecular flexibility index (Phi) is 4.10. The SMILES string of the molecule is C[C@H](NC(=O)CN1CCC[C@H]1c1noc(C2CC2)n1)c1ccco1. The second-order valence-electron chi connectivity index (χ2n) is 6.70. The summed E-state index contributed by atoms with van der Waals surface area (Å²) in [4.78, 5) is 19.0. The topological polar surface area (TPSA) is 84.4 Å². The number of likely N-dealkylation sites (tertiary alicyclic amines) is 1. The number of carbonyl (C=O) groups excluding carboxylic acids is 1. The largest absolute Gasteiger partial charge is 0.467 e. The molecular formula is C17H22N4O3. The minimum absolute atomic E-state index is 0.0169. The second kappa shape index (κ2) is 6.39. The number of hydrogen-bond donors (Lipinski definition) is 1. The molecule has 128 valence electrons. The Hall–Kier alpha value is -2.15. The first kappa shape index (κ1) is 15.4. The van der Waals surface area contributed by atoms with Crippen LogP contribution in [-0.4, -0.2) is 34.0 Å². The van der Waals surface area contributed by atoms with Gasteiger partial charge in [-0.3, -0.25) is 9.69 Å². The van der Waals surface area contributed by atoms with E-state index in [4.69, 9.17) is 8.94 Å². The van der Waals surface area contributed by atoms with Crippen LogP contribution in [-0.2, 0) is 4.79 Å². The van der Waals surface area contributed by atoms with Crippen LogP contribution in [0.4, 0.5) is 0 Å². The van der Waals surface area contributed by atoms with E-state index in [0.717, 1.165) is 49.7 Å². The van der Waals surface area contributed by atoms with Gasteiger partial charge in [0.15, 0.2) is 5.82 Å². The van der Waals surface area contributed by atoms with Crippen molar-refractivity contribution in [3.63, 3.8) is 0 Å². The first-order valence-corrected chi connectivity index (χ1v) is 8.61. The van der Waals surface area contributed by atoms with Crippen LogP contribution in [0.5, 0.6) is 0 Å². The highest BCUT2D eigenvalue weighted by Gasteiger charge is 2.34. The van der Waals surface area contributed by atoms with Crippen molar-refractivity contribution in [1.29, 1.82) is 0 Å². The summed E-state index contributed by atoms with van der Waals surface area (Å²) in [5.41, 5.74) is 0. The normalized spacial score (nSPS) is 22.6. The molecule has 7 heteroatoms. The highest BCUT2D eigenvalue weighted by Crippen LogP contribution is 2.40. The molecule has 2 fully saturated rings. The van der Waals surface area contributed by atoms with E-state index < -0.39 is 0 Å². The maximum Gasteiger partial charge on any atom is 0.234 e. The summed E-state index contributed by atoms with van der Waals surface area (Å²) in [6.07, 6.45) is 5.90. The van der Waals surface area contributed by atoms with Crippen molar-refractivity contribution in [3.8, 4) is 0 Å². The fourth-order valence-electron chi connectivity index (χ4n) is 3.27. The maximum absolute atomic E-state index is 12.3. The molecule has 0 aromatic carbocycles. The standard InChI is InChI=1S/C17H22N4O3/c1-11(14-5-3-9-23-14)18-15(22)10-21-8-2-4-13(21)16-19-17(24-20-16)12-6-7-12/h3,5,9,11-13H,2,4,6-8,10H2,1H3,(H,18,22)/t11-,13-/m0/s1. The van der Waals surface area contributed by atoms with Gasteiger partial charge in [0.1, 0.15) is 5.76 Å². The van der Waals surface area contributed by atoms with Gasteiger partial charge in [-0.25, -0.2) is 0 Å². The Labute approximate surface area is 140 Å². The van der Waals surface area contributed by atoms with Crippen molar-refractivity contribution < 1.29 is 13.7 Å². The Balaban J connectivity index is 1.36. The Morgan fingerprint density at radius 1 is 1.46 bits per heavy atom. The summed E-state index contributed by atoms with van der Waals surface area (Å²) in [7, 11) is 0. The molecule has 2 aliphatic rings. The molecule has 7 nitrogen and oxygen atoms in total. The van der Waals surface area contributed by atoms with Crippen LogP contribution < -0.4 is 5.32 Å². The van der Waals surface area contributed by atoms with Gasteiger partial charge in [0.05, 0.1) is 24.9 Å². The van der Waals surface area contributed by atoms with Crippen LogP contribution in [0.15, 0.2) is 27.3 Å². The smallest absolute Gasteiger partial charge is 0.234 e. The van der Waals surface area contributed by atoms with Gasteiger partial charge < -0.3 is 14.3 Å². The molecule has 24 heavy (non-hydrogen) atoms. The second-order valence-corrected chi connectivity index (χ2v) is 6.70. The third-order valence-electron chi connectivity index (χ3n) is 4.74. The lowest BCUT2D eigenvalue weighted by atomic mass is 10.2. The molecular weight excluding hydrogens is 308 g/mol. The highest BCUT2D eigenvalue weighted by atomic mass is 16.5. The van der Waals surface area contributed by atoms with Crippen molar-refractivity contribution in [2.24, 2.45) is 0 Å². The van der Waals surface area contributed by atoms with Crippen molar-refractivity contribution >= 4 is 5.91 Å². The van der Waals surface area contributed by atoms with Gasteiger partial charge >= 0.3 is 0 Å². The average molecular weight is 330 g/mol. The molecule has 0 bridgehead atoms. The molecule has 2 aromatic rings. The summed E-state index contributed by atoms with van der Waals surface area (Å²) in [5.74, 6) is 2.68. The van der Waals surface area contributed by atoms with E-state index in [2.05, 4.69) is 20.4 Å². The molecule has 1 saturated heterocycles. The highest BCUT2D eigenvalue weighted by molar-refractivity contribution is 5.78. The molecule has 1 aliphatic heterocycles. The van der Waals surface area contributed by atoms with Crippen LogP contribution >= 0.6 is 0 Å². The fourth-order valence-corrected chi connectivity index (χ4v) is 3.27. The van der Waals surface area contributed by atoms with Gasteiger partial charge in [-0.05, 0) is 51.3 Å². The Morgan fingerprint density at radius 2 is 2.33 bits per heavy atom. The molecule has 2 atom stereocenters. The van der Waals surface area contributed by atoms with Gasteiger partial charge in [0, 0.05) is 5.92 Å². The van der Waals surface area contributed by atoms with Gasteiger partial charge in [-0.1, -0.05) is 5.16 Å². The predicted octanol–water partition coefficient (Wildman–Crippen LogP) is 2.55. The van der Waals surface area contributed by atoms with Crippen LogP contribution in [0.1, 0.15) is 68.1 Å². The lowest BCUT2D eigenvalue weighted by Crippen LogP contribution is -2.38. The van der Waals surface area contributed by atoms with Crippen LogP contribution in [0.2, 0.25) is 0 Å². The lowest BCUT2D eigenvalue weighted by Gasteiger charge is -2.22. The molecule has 3 heterocycles. The Morgan fingerprint density at radius 3 is 3.08 bits per heavy atom. The minimum Gasteiger partial charge on any atom is -0.467 e. The lowest BCUT2D eigenvalue weighted by molar-refractivity contribution is -0.123. The molecule has 0 unspecified atom stereocenters. The minimum atomic E-state index is -0.139. The average Bonchev–Trinajstić information content (AvgIpc) is 3.01. The molecule has 0 radical (unpaired) electrons. The van der Waals surface area contributed by atoms with E-state index in [1.54, 1.807) is 6.26 Å². The zero-order chi connectivity index (χ0) is 16.5. The zero-order valence-electron chi connectivity index (χ0n) is 13.8. The van der Waals surface area contributed by atoms with E-state index in [9.17, 15) is 4.79 Å². The number of rotatable bonds is 6. The molecule has 1 aliphatic carbocycles. The van der Waals surface area contributed by atoms with Gasteiger partial charge in [0.25, 0.3) is 0 Å². The quantitative estimate of drug-likeness (QED) is 0.876. The summed E-state index contributed by atoms with van der Waals surface area (Å²) in [6.45, 7) is 3.13. The number of nitrogens with one attached hydrogen (secondary N) is 1. The first-order chi connectivity index (χ1) is 11.7. The number of hydrogen-bond acceptors (Lipinski definition) is 6. The van der Waals surface area contributed by atoms with Crippen molar-refractivity contribution in [2.45, 2.75) is 50.6 Å². The van der Waals surface area contributed by atoms with Gasteiger partial charge in [-0.15, -0.1) is 0 Å². The maximum atomic E-state index is 12.3. The monoisotopic (exact) mass is 330 g/mol. The number of furan rings is 1. The van der Waals surface area contributed by atoms with E-state index in [1.807, 2.05) is 19.1 Å². The zero-order valence-corrected chi connectivity index (χ0v) is 13.8. The summed E-state index contributed by atoms with van der Waals surface area (Å²) in [6, 6.07) is 3.62. The molecule has 1 amide bonds. The van der Waals surface area contributed by atoms with Gasteiger partial charge in [0.2, 0.25) is 11.8 Å². The summed E-state index contributed by atoms with van der Waals surface area (Å²) in [5, 5.41) is 7.12. The van der Waals surface area contributed by atoms with Gasteiger partial charge in [-0.2, -0.15) is 4.98 Å². The fraction of sp³-hybridized carbons (Fsp3) is 0.588. The summed E-state index contributed by atoms with van der Waals surface area (Å²) < 4.78 is 10.7. The summed E-state index contributed by atoms with van der Waals surface area (Å²) >= 11 is 0. The first-order valence-electron chi connectivity index (χ1n) is 8.61. The van der Waals surface area contributed by atoms with E-state index in [-0.39, 0.29) is 18.0 Å². The number of nitrogens with zero attached hydrogens (tertiary/aromatic N) is 3. The van der Waals surface area contributed by atoms with E-state index in [1.165, 1.54) is 0 Å². The third-order valence-corrected chi connectivity index (χ3v) is 4.74. The van der Waals surface area contributed by atoms with Crippen molar-refractivity contribution in [1.82, 2.24) is 20.4 Å². The van der Waals surface area contributed by atoms with Crippen molar-refractivity contribution in [3.05, 3.63) is 35.9 Å². The predicted molar refractivity (Wildman–Crippen MR) is 85.1 cm³/mol. The van der Waals surface area contributed by atoms with Crippen LogP contribution in [0.25, 0.3) is 0 Å². The third kappa shape index (κ3) is 3.21. The van der Waals surface area contributed by atoms with Crippen LogP contribution in [0.3, 0.4) is 0 Å². The molecule has 1 saturated carbocycles. The molecule has 0 spiro atoms. The number of aromatic nitrogens is 2. The van der Waals surface area contributed by atoms with E-state index in [0.29, 0.717) is 12.5 Å². The molecule has 4 rings (SSSR count). The van der Waals surface area contributed by atoms with E-state index >= 15 is 0 Å². The number of carbonyl (C=O) groups is 1. The van der Waals surface area contributed by atoms with Crippen molar-refractivity contribution in [2.75, 3.05) is 13.1 Å². The Bertz CT molecular complexity index is 693. The molecule has 2 aromatic heterocycles. The molecule has 1 N–H and O–H groups in total. The number of amides is 1. The van der Waals surface area contributed by atoms with Crippen LogP contribution in [0, 0.1) is 0 Å².